The number of nitrogens with one attached hydrogen (secondary N) is 3. The Labute approximate surface area is 421 Å². The minimum absolute atomic E-state index is 0.00608. The second-order valence-corrected chi connectivity index (χ2v) is 21.4. The minimum atomic E-state index is -0.935. The van der Waals surface area contributed by atoms with Crippen molar-refractivity contribution in [1.82, 2.24) is 40.6 Å². The lowest BCUT2D eigenvalue weighted by molar-refractivity contribution is -0.144. The molecular formula is C55H70N8O7S. The first-order valence-electron chi connectivity index (χ1n) is 25.2. The number of aliphatic hydroxyl groups is 1. The van der Waals surface area contributed by atoms with Gasteiger partial charge in [-0.1, -0.05) is 63.9 Å². The summed E-state index contributed by atoms with van der Waals surface area (Å²) in [4.78, 5) is 95.3. The molecule has 3 aliphatic heterocycles. The Morgan fingerprint density at radius 2 is 1.48 bits per heavy atom. The molecule has 71 heavy (non-hydrogen) atoms. The fraction of sp³-hybridized carbons (Fsp3) is 0.491. The number of hydrogen-bond acceptors (Lipinski definition) is 10. The summed E-state index contributed by atoms with van der Waals surface area (Å²) >= 11 is 1.57. The lowest BCUT2D eigenvalue weighted by Gasteiger charge is -2.36. The Hall–Kier alpha value is -6.26. The van der Waals surface area contributed by atoms with Crippen LogP contribution in [0.3, 0.4) is 0 Å². The predicted octanol–water partition coefficient (Wildman–Crippen LogP) is 6.98. The quantitative estimate of drug-likeness (QED) is 0.0638. The van der Waals surface area contributed by atoms with Crippen LogP contribution in [-0.4, -0.2) is 123 Å². The average molecular weight is 987 g/mol. The number of unbranched alkanes of at least 4 members (excludes halogenated alkanes) is 1. The van der Waals surface area contributed by atoms with Crippen LogP contribution >= 0.6 is 11.3 Å². The maximum atomic E-state index is 14.3. The van der Waals surface area contributed by atoms with Gasteiger partial charge in [0.25, 0.3) is 11.8 Å². The average Bonchev–Trinajstić information content (AvgIpc) is 3.99. The van der Waals surface area contributed by atoms with E-state index in [0.29, 0.717) is 62.6 Å². The first-order chi connectivity index (χ1) is 34.0. The molecule has 4 atom stereocenters. The molecule has 0 unspecified atom stereocenters. The molecule has 0 spiro atoms. The van der Waals surface area contributed by atoms with Gasteiger partial charge >= 0.3 is 0 Å². The molecule has 3 saturated heterocycles. The number of hydrogen-bond donors (Lipinski definition) is 4. The topological polar surface area (TPSA) is 194 Å². The molecule has 0 radical (unpaired) electrons. The highest BCUT2D eigenvalue weighted by atomic mass is 32.1. The predicted molar refractivity (Wildman–Crippen MR) is 275 cm³/mol. The highest BCUT2D eigenvalue weighted by Crippen LogP contribution is 2.31. The van der Waals surface area contributed by atoms with Crippen LogP contribution in [0.5, 0.6) is 0 Å². The van der Waals surface area contributed by atoms with Crippen LogP contribution in [0.15, 0.2) is 84.6 Å². The molecule has 3 fully saturated rings. The molecule has 378 valence electrons. The second-order valence-electron chi connectivity index (χ2n) is 20.5. The molecule has 6 amide bonds. The highest BCUT2D eigenvalue weighted by Gasteiger charge is 2.45. The van der Waals surface area contributed by atoms with Crippen molar-refractivity contribution in [1.29, 1.82) is 0 Å². The van der Waals surface area contributed by atoms with E-state index in [1.807, 2.05) is 81.4 Å². The van der Waals surface area contributed by atoms with Gasteiger partial charge in [0.1, 0.15) is 12.1 Å². The summed E-state index contributed by atoms with van der Waals surface area (Å²) in [7, 11) is 0. The monoisotopic (exact) mass is 987 g/mol. The van der Waals surface area contributed by atoms with Crippen LogP contribution in [0.4, 0.5) is 0 Å². The third-order valence-corrected chi connectivity index (χ3v) is 15.1. The number of thiazole rings is 1. The van der Waals surface area contributed by atoms with Gasteiger partial charge in [0, 0.05) is 81.7 Å². The Balaban J connectivity index is 0.817. The molecule has 4 aromatic rings. The van der Waals surface area contributed by atoms with Crippen molar-refractivity contribution in [2.45, 2.75) is 117 Å². The lowest BCUT2D eigenvalue weighted by Crippen LogP contribution is -2.58. The van der Waals surface area contributed by atoms with E-state index in [2.05, 4.69) is 25.9 Å². The van der Waals surface area contributed by atoms with Crippen molar-refractivity contribution in [3.63, 3.8) is 0 Å². The lowest BCUT2D eigenvalue weighted by atomic mass is 9.85. The van der Waals surface area contributed by atoms with Gasteiger partial charge in [0.05, 0.1) is 28.2 Å². The zero-order valence-corrected chi connectivity index (χ0v) is 42.6. The van der Waals surface area contributed by atoms with Crippen LogP contribution < -0.4 is 16.0 Å². The van der Waals surface area contributed by atoms with E-state index in [9.17, 15) is 33.9 Å². The number of piperidine rings is 2. The fourth-order valence-corrected chi connectivity index (χ4v) is 10.7. The van der Waals surface area contributed by atoms with Crippen molar-refractivity contribution < 1.29 is 33.9 Å². The number of likely N-dealkylation sites (tertiary alicyclic amines) is 3. The molecule has 4 N–H and O–H groups in total. The number of aliphatic hydroxyl groups excluding tert-OH is 1. The van der Waals surface area contributed by atoms with Crippen LogP contribution in [0, 0.1) is 24.2 Å². The van der Waals surface area contributed by atoms with Gasteiger partial charge in [-0.3, -0.25) is 33.8 Å². The second kappa shape index (κ2) is 24.2. The van der Waals surface area contributed by atoms with Crippen LogP contribution in [-0.2, 0) is 19.2 Å². The molecule has 3 aliphatic rings. The molecule has 0 bridgehead atoms. The molecule has 2 aromatic heterocycles. The number of aromatic nitrogens is 2. The number of aryl methyl sites for hydroxylation is 1. The number of carbonyl (C=O) groups is 6. The van der Waals surface area contributed by atoms with Crippen LogP contribution in [0.2, 0.25) is 0 Å². The molecular weight excluding hydrogens is 917 g/mol. The van der Waals surface area contributed by atoms with E-state index >= 15 is 0 Å². The third kappa shape index (κ3) is 14.2. The zero-order chi connectivity index (χ0) is 50.7. The van der Waals surface area contributed by atoms with Gasteiger partial charge in [-0.25, -0.2) is 4.98 Å². The SMILES string of the molecule is Cc1ncsc1-c1ccc([C@H](C)NC(=O)[C@@H]2C[C@@H](O)CN2C(=O)[C@@H](NC(=O)CC2CCN(C(=O)c3ccc(C(=O)N4CCC(CCCCNC(=O)/C=C/c5cccnc5)CC4)cc3)CC2)C(C)(C)C)cc1. The summed E-state index contributed by atoms with van der Waals surface area (Å²) in [6.45, 7) is 12.4. The van der Waals surface area contributed by atoms with E-state index in [1.54, 1.807) is 59.0 Å². The maximum Gasteiger partial charge on any atom is 0.253 e. The molecule has 16 heteroatoms. The molecule has 0 saturated carbocycles. The molecule has 0 aliphatic carbocycles. The number of carbonyl (C=O) groups excluding carboxylic acids is 6. The number of pyridine rings is 1. The standard InChI is InChI=1S/C55H70N8O7S/c1-36(41-12-14-42(15-13-41)49-37(2)58-35-71-49)59-51(67)46-32-45(64)34-63(46)54(70)50(55(3,4)5)60-48(66)31-39-23-29-62(30-24-39)53(69)44-18-16-43(17-19-44)52(68)61-27-21-38(22-28-61)9-6-7-26-57-47(65)20-11-40-10-8-25-56-33-40/h8,10-20,25,33,35-36,38-39,45-46,50,64H,6-7,9,21-24,26-32,34H2,1-5H3,(H,57,65)(H,59,67)(H,60,66)/b20-11+/t36-,45+,46-,50+/m0/s1. The number of amides is 6. The summed E-state index contributed by atoms with van der Waals surface area (Å²) in [5.74, 6) is -0.773. The highest BCUT2D eigenvalue weighted by molar-refractivity contribution is 7.13. The minimum Gasteiger partial charge on any atom is -0.391 e. The Morgan fingerprint density at radius 1 is 0.845 bits per heavy atom. The molecule has 2 aromatic carbocycles. The van der Waals surface area contributed by atoms with Crippen molar-refractivity contribution in [3.8, 4) is 10.4 Å². The number of nitrogens with zero attached hydrogens (tertiary/aromatic N) is 5. The molecule has 15 nitrogen and oxygen atoms in total. The van der Waals surface area contributed by atoms with Crippen molar-refractivity contribution in [2.75, 3.05) is 39.3 Å². The van der Waals surface area contributed by atoms with Gasteiger partial charge in [-0.2, -0.15) is 0 Å². The van der Waals surface area contributed by atoms with Gasteiger partial charge in [-0.15, -0.1) is 11.3 Å². The Bertz CT molecular complexity index is 2490. The fourth-order valence-electron chi connectivity index (χ4n) is 9.86. The van der Waals surface area contributed by atoms with E-state index in [4.69, 9.17) is 0 Å². The van der Waals surface area contributed by atoms with Crippen molar-refractivity contribution in [3.05, 3.63) is 113 Å². The Morgan fingerprint density at radius 3 is 2.06 bits per heavy atom. The van der Waals surface area contributed by atoms with Gasteiger partial charge in [0.2, 0.25) is 23.6 Å². The maximum absolute atomic E-state index is 14.3. The normalized spacial score (nSPS) is 18.8. The summed E-state index contributed by atoms with van der Waals surface area (Å²) in [6.07, 6.45) is 12.2. The van der Waals surface area contributed by atoms with Gasteiger partial charge < -0.3 is 35.8 Å². The van der Waals surface area contributed by atoms with Gasteiger partial charge in [0.15, 0.2) is 0 Å². The van der Waals surface area contributed by atoms with Crippen molar-refractivity contribution in [2.24, 2.45) is 17.3 Å². The van der Waals surface area contributed by atoms with E-state index in [1.165, 1.54) is 11.0 Å². The van der Waals surface area contributed by atoms with Gasteiger partial charge in [-0.05, 0) is 116 Å². The summed E-state index contributed by atoms with van der Waals surface area (Å²) in [5.41, 5.74) is 5.98. The first-order valence-corrected chi connectivity index (χ1v) is 26.0. The zero-order valence-electron chi connectivity index (χ0n) is 41.8. The smallest absolute Gasteiger partial charge is 0.253 e. The van der Waals surface area contributed by atoms with E-state index < -0.39 is 29.5 Å². The molecule has 5 heterocycles. The number of β-amino-alcohol motifs (C(OH)–C–C–N with tert-alkyl or cyclic N) is 1. The first kappa shape index (κ1) is 52.6. The van der Waals surface area contributed by atoms with E-state index in [-0.39, 0.29) is 60.9 Å². The third-order valence-electron chi connectivity index (χ3n) is 14.2. The van der Waals surface area contributed by atoms with Crippen LogP contribution in [0.25, 0.3) is 16.5 Å². The molecule has 7 rings (SSSR count). The van der Waals surface area contributed by atoms with Crippen molar-refractivity contribution >= 4 is 52.9 Å². The Kier molecular flexibility index (Phi) is 17.9. The number of benzene rings is 2. The summed E-state index contributed by atoms with van der Waals surface area (Å²) in [5, 5.41) is 19.7. The largest absolute Gasteiger partial charge is 0.391 e. The van der Waals surface area contributed by atoms with E-state index in [0.717, 1.165) is 59.4 Å². The van der Waals surface area contributed by atoms with Crippen LogP contribution in [0.1, 0.15) is 129 Å². The summed E-state index contributed by atoms with van der Waals surface area (Å²) < 4.78 is 0. The number of rotatable bonds is 17. The summed E-state index contributed by atoms with van der Waals surface area (Å²) in [6, 6.07) is 16.4.